The van der Waals surface area contributed by atoms with E-state index in [-0.39, 0.29) is 0 Å². The average Bonchev–Trinajstić information content (AvgIpc) is 3.17. The highest BCUT2D eigenvalue weighted by atomic mass is 19.4. The molecular formula is C20H20F3NO2. The van der Waals surface area contributed by atoms with Gasteiger partial charge in [0.05, 0.1) is 12.7 Å². The molecule has 0 radical (unpaired) electrons. The van der Waals surface area contributed by atoms with E-state index in [1.807, 2.05) is 24.3 Å². The second kappa shape index (κ2) is 7.40. The summed E-state index contributed by atoms with van der Waals surface area (Å²) in [5.74, 6) is -1.26. The summed E-state index contributed by atoms with van der Waals surface area (Å²) in [6.07, 6.45) is -2.08. The summed E-state index contributed by atoms with van der Waals surface area (Å²) in [5, 5.41) is 0. The largest absolute Gasteiger partial charge is 0.468 e. The van der Waals surface area contributed by atoms with Crippen LogP contribution in [0.4, 0.5) is 18.9 Å². The maximum atomic E-state index is 12.8. The number of rotatable bonds is 4. The molecule has 1 aliphatic rings. The van der Waals surface area contributed by atoms with Gasteiger partial charge in [-0.05, 0) is 48.2 Å². The van der Waals surface area contributed by atoms with Crippen molar-refractivity contribution in [3.05, 3.63) is 65.2 Å². The van der Waals surface area contributed by atoms with Gasteiger partial charge in [0.15, 0.2) is 0 Å². The Morgan fingerprint density at radius 2 is 1.46 bits per heavy atom. The van der Waals surface area contributed by atoms with Gasteiger partial charge in [-0.2, -0.15) is 13.2 Å². The molecule has 1 saturated heterocycles. The zero-order chi connectivity index (χ0) is 18.7. The molecule has 26 heavy (non-hydrogen) atoms. The second-order valence-corrected chi connectivity index (χ2v) is 6.36. The van der Waals surface area contributed by atoms with Crippen molar-refractivity contribution in [2.75, 3.05) is 25.1 Å². The van der Waals surface area contributed by atoms with Gasteiger partial charge in [-0.3, -0.25) is 4.79 Å². The summed E-state index contributed by atoms with van der Waals surface area (Å²) >= 11 is 0. The first-order valence-electron chi connectivity index (χ1n) is 8.50. The fraction of sp³-hybridized carbons (Fsp3) is 0.350. The number of benzene rings is 2. The topological polar surface area (TPSA) is 29.5 Å². The van der Waals surface area contributed by atoms with Crippen molar-refractivity contribution in [2.24, 2.45) is 0 Å². The monoisotopic (exact) mass is 363 g/mol. The summed E-state index contributed by atoms with van der Waals surface area (Å²) in [6.45, 7) is 2.03. The fourth-order valence-corrected chi connectivity index (χ4v) is 3.30. The second-order valence-electron chi connectivity index (χ2n) is 6.36. The Morgan fingerprint density at radius 1 is 0.962 bits per heavy atom. The molecule has 1 fully saturated rings. The van der Waals surface area contributed by atoms with Crippen molar-refractivity contribution in [1.29, 1.82) is 0 Å². The lowest BCUT2D eigenvalue weighted by Crippen LogP contribution is -2.18. The van der Waals surface area contributed by atoms with Crippen LogP contribution in [0.15, 0.2) is 48.5 Å². The molecule has 1 atom stereocenters. The number of carbonyl (C=O) groups is 1. The number of alkyl halides is 3. The van der Waals surface area contributed by atoms with Crippen LogP contribution in [0, 0.1) is 0 Å². The minimum atomic E-state index is -4.41. The minimum absolute atomic E-state index is 0.471. The zero-order valence-electron chi connectivity index (χ0n) is 14.4. The molecule has 3 nitrogen and oxygen atoms in total. The Bertz CT molecular complexity index is 748. The molecule has 0 N–H and O–H groups in total. The van der Waals surface area contributed by atoms with Crippen LogP contribution in [0.2, 0.25) is 0 Å². The van der Waals surface area contributed by atoms with Crippen LogP contribution in [0.5, 0.6) is 0 Å². The molecule has 3 rings (SSSR count). The number of ether oxygens (including phenoxy) is 1. The lowest BCUT2D eigenvalue weighted by molar-refractivity contribution is -0.141. The smallest absolute Gasteiger partial charge is 0.416 e. The van der Waals surface area contributed by atoms with Crippen LogP contribution in [-0.2, 0) is 15.7 Å². The number of methoxy groups -OCH3 is 1. The van der Waals surface area contributed by atoms with Crippen molar-refractivity contribution < 1.29 is 22.7 Å². The SMILES string of the molecule is COC(=O)C(c1ccc(N2CCCC2)cc1)c1ccc(C(F)(F)F)cc1. The quantitative estimate of drug-likeness (QED) is 0.743. The molecule has 2 aromatic rings. The van der Waals surface area contributed by atoms with E-state index in [0.29, 0.717) is 11.1 Å². The van der Waals surface area contributed by atoms with Crippen molar-refractivity contribution in [2.45, 2.75) is 24.9 Å². The molecule has 0 amide bonds. The Morgan fingerprint density at radius 3 is 1.92 bits per heavy atom. The van der Waals surface area contributed by atoms with E-state index in [1.54, 1.807) is 0 Å². The zero-order valence-corrected chi connectivity index (χ0v) is 14.4. The minimum Gasteiger partial charge on any atom is -0.468 e. The first kappa shape index (κ1) is 18.3. The molecular weight excluding hydrogens is 343 g/mol. The summed E-state index contributed by atoms with van der Waals surface area (Å²) in [7, 11) is 1.28. The molecule has 138 valence electrons. The van der Waals surface area contributed by atoms with Crippen LogP contribution in [0.3, 0.4) is 0 Å². The maximum Gasteiger partial charge on any atom is 0.416 e. The van der Waals surface area contributed by atoms with E-state index in [0.717, 1.165) is 43.8 Å². The van der Waals surface area contributed by atoms with Crippen molar-refractivity contribution in [3.8, 4) is 0 Å². The lowest BCUT2D eigenvalue weighted by atomic mass is 9.90. The molecule has 2 aromatic carbocycles. The van der Waals surface area contributed by atoms with Gasteiger partial charge in [0.1, 0.15) is 5.92 Å². The number of hydrogen-bond acceptors (Lipinski definition) is 3. The molecule has 1 heterocycles. The number of esters is 1. The Kier molecular flexibility index (Phi) is 5.20. The van der Waals surface area contributed by atoms with Crippen molar-refractivity contribution in [1.82, 2.24) is 0 Å². The van der Waals surface area contributed by atoms with Crippen molar-refractivity contribution >= 4 is 11.7 Å². The number of hydrogen-bond donors (Lipinski definition) is 0. The predicted molar refractivity (Wildman–Crippen MR) is 93.2 cm³/mol. The Hall–Kier alpha value is -2.50. The molecule has 6 heteroatoms. The number of anilines is 1. The van der Waals surface area contributed by atoms with Gasteiger partial charge < -0.3 is 9.64 Å². The highest BCUT2D eigenvalue weighted by Gasteiger charge is 2.31. The standard InChI is InChI=1S/C20H20F3NO2/c1-26-19(25)18(14-4-8-16(9-5-14)20(21,22)23)15-6-10-17(11-7-15)24-12-2-3-13-24/h4-11,18H,2-3,12-13H2,1H3. The molecule has 0 aliphatic carbocycles. The van der Waals surface area contributed by atoms with Gasteiger partial charge >= 0.3 is 12.1 Å². The van der Waals surface area contributed by atoms with E-state index in [2.05, 4.69) is 4.90 Å². The Labute approximate surface area is 150 Å². The highest BCUT2D eigenvalue weighted by Crippen LogP contribution is 2.33. The number of nitrogens with zero attached hydrogens (tertiary/aromatic N) is 1. The van der Waals surface area contributed by atoms with Gasteiger partial charge in [-0.1, -0.05) is 24.3 Å². The molecule has 0 bridgehead atoms. The third kappa shape index (κ3) is 3.84. The first-order chi connectivity index (χ1) is 12.4. The third-order valence-corrected chi connectivity index (χ3v) is 4.71. The molecule has 1 aliphatic heterocycles. The lowest BCUT2D eigenvalue weighted by Gasteiger charge is -2.20. The van der Waals surface area contributed by atoms with Gasteiger partial charge in [0.2, 0.25) is 0 Å². The molecule has 0 saturated carbocycles. The summed E-state index contributed by atoms with van der Waals surface area (Å²) in [5.41, 5.74) is 1.51. The van der Waals surface area contributed by atoms with E-state index in [9.17, 15) is 18.0 Å². The number of halogens is 3. The van der Waals surface area contributed by atoms with E-state index >= 15 is 0 Å². The summed E-state index contributed by atoms with van der Waals surface area (Å²) in [6, 6.07) is 12.2. The first-order valence-corrected chi connectivity index (χ1v) is 8.50. The highest BCUT2D eigenvalue weighted by molar-refractivity contribution is 5.82. The molecule has 0 spiro atoms. The van der Waals surface area contributed by atoms with Crippen molar-refractivity contribution in [3.63, 3.8) is 0 Å². The maximum absolute atomic E-state index is 12.8. The van der Waals surface area contributed by atoms with Crippen LogP contribution in [0.25, 0.3) is 0 Å². The molecule has 1 unspecified atom stereocenters. The normalized spacial score (nSPS) is 15.8. The van der Waals surface area contributed by atoms with Crippen LogP contribution >= 0.6 is 0 Å². The summed E-state index contributed by atoms with van der Waals surface area (Å²) in [4.78, 5) is 14.6. The average molecular weight is 363 g/mol. The van der Waals surface area contributed by atoms with Crippen LogP contribution in [-0.4, -0.2) is 26.2 Å². The van der Waals surface area contributed by atoms with Gasteiger partial charge in [-0.15, -0.1) is 0 Å². The summed E-state index contributed by atoms with van der Waals surface area (Å²) < 4.78 is 43.2. The van der Waals surface area contributed by atoms with Crippen LogP contribution in [0.1, 0.15) is 35.4 Å². The Balaban J connectivity index is 1.89. The van der Waals surface area contributed by atoms with E-state index < -0.39 is 23.6 Å². The van der Waals surface area contributed by atoms with Gasteiger partial charge in [0.25, 0.3) is 0 Å². The third-order valence-electron chi connectivity index (χ3n) is 4.71. The van der Waals surface area contributed by atoms with Crippen LogP contribution < -0.4 is 4.90 Å². The van der Waals surface area contributed by atoms with Gasteiger partial charge in [0, 0.05) is 18.8 Å². The van der Waals surface area contributed by atoms with E-state index in [4.69, 9.17) is 4.74 Å². The predicted octanol–water partition coefficient (Wildman–Crippen LogP) is 4.61. The molecule has 0 aromatic heterocycles. The fourth-order valence-electron chi connectivity index (χ4n) is 3.30. The van der Waals surface area contributed by atoms with E-state index in [1.165, 1.54) is 19.2 Å². The van der Waals surface area contributed by atoms with Gasteiger partial charge in [-0.25, -0.2) is 0 Å². The number of carbonyl (C=O) groups excluding carboxylic acids is 1.